The summed E-state index contributed by atoms with van der Waals surface area (Å²) in [5, 5.41) is 0. The van der Waals surface area contributed by atoms with E-state index in [-0.39, 0.29) is 47.0 Å². The molecule has 1 rings (SSSR count). The van der Waals surface area contributed by atoms with Gasteiger partial charge in [0.2, 0.25) is 0 Å². The SMILES string of the molecule is CCCCc1cc[c-]cc1.[I-].[Mg+2]. The van der Waals surface area contributed by atoms with Crippen LogP contribution in [0, 0.1) is 6.07 Å². The molecule has 0 bridgehead atoms. The van der Waals surface area contributed by atoms with Crippen molar-refractivity contribution < 1.29 is 24.0 Å². The first-order chi connectivity index (χ1) is 4.93. The van der Waals surface area contributed by atoms with E-state index in [4.69, 9.17) is 0 Å². The van der Waals surface area contributed by atoms with E-state index in [2.05, 4.69) is 25.1 Å². The summed E-state index contributed by atoms with van der Waals surface area (Å²) >= 11 is 0. The predicted octanol–water partition coefficient (Wildman–Crippen LogP) is -0.547. The van der Waals surface area contributed by atoms with Gasteiger partial charge < -0.3 is 24.0 Å². The van der Waals surface area contributed by atoms with Crippen LogP contribution < -0.4 is 24.0 Å². The molecule has 0 saturated heterocycles. The number of halogens is 1. The third-order valence-electron chi connectivity index (χ3n) is 1.61. The molecule has 0 N–H and O–H groups in total. The molecular formula is C10H13IMg. The molecular weight excluding hydrogens is 271 g/mol. The Hall–Kier alpha value is 0.716. The quantitative estimate of drug-likeness (QED) is 0.397. The van der Waals surface area contributed by atoms with Gasteiger partial charge in [-0.05, 0) is 0 Å². The summed E-state index contributed by atoms with van der Waals surface area (Å²) in [5.41, 5.74) is 1.43. The van der Waals surface area contributed by atoms with Crippen LogP contribution in [-0.2, 0) is 6.42 Å². The van der Waals surface area contributed by atoms with Gasteiger partial charge in [-0.15, -0.1) is 0 Å². The molecule has 1 aromatic rings. The van der Waals surface area contributed by atoms with Crippen molar-refractivity contribution in [2.45, 2.75) is 26.2 Å². The van der Waals surface area contributed by atoms with Gasteiger partial charge in [0, 0.05) is 0 Å². The molecule has 0 aliphatic rings. The van der Waals surface area contributed by atoms with Crippen molar-refractivity contribution in [2.24, 2.45) is 0 Å². The molecule has 62 valence electrons. The van der Waals surface area contributed by atoms with E-state index in [1.165, 1.54) is 24.8 Å². The van der Waals surface area contributed by atoms with Gasteiger partial charge in [-0.2, -0.15) is 35.9 Å². The molecule has 2 heteroatoms. The molecule has 0 radical (unpaired) electrons. The molecule has 0 aromatic heterocycles. The maximum atomic E-state index is 3.01. The largest absolute Gasteiger partial charge is 2.00 e. The van der Waals surface area contributed by atoms with Crippen LogP contribution in [0.1, 0.15) is 25.3 Å². The summed E-state index contributed by atoms with van der Waals surface area (Å²) in [6.07, 6.45) is 3.79. The number of benzene rings is 1. The molecule has 0 aliphatic heterocycles. The predicted molar refractivity (Wildman–Crippen MR) is 49.6 cm³/mol. The van der Waals surface area contributed by atoms with Gasteiger partial charge >= 0.3 is 23.1 Å². The van der Waals surface area contributed by atoms with Crippen LogP contribution in [0.5, 0.6) is 0 Å². The molecule has 0 unspecified atom stereocenters. The fraction of sp³-hybridized carbons (Fsp3) is 0.400. The molecule has 0 heterocycles. The van der Waals surface area contributed by atoms with Gasteiger partial charge in [0.25, 0.3) is 0 Å². The normalized spacial score (nSPS) is 8.08. The molecule has 0 fully saturated rings. The second kappa shape index (κ2) is 9.80. The van der Waals surface area contributed by atoms with Crippen LogP contribution in [0.3, 0.4) is 0 Å². The van der Waals surface area contributed by atoms with Gasteiger partial charge in [0.1, 0.15) is 0 Å². The van der Waals surface area contributed by atoms with Crippen molar-refractivity contribution in [1.82, 2.24) is 0 Å². The number of hydrogen-bond donors (Lipinski definition) is 0. The maximum Gasteiger partial charge on any atom is 2.00 e. The molecule has 0 spiro atoms. The van der Waals surface area contributed by atoms with Crippen molar-refractivity contribution in [2.75, 3.05) is 0 Å². The summed E-state index contributed by atoms with van der Waals surface area (Å²) in [5.74, 6) is 0. The smallest absolute Gasteiger partial charge is 1.00 e. The molecule has 0 atom stereocenters. The third-order valence-corrected chi connectivity index (χ3v) is 1.61. The standard InChI is InChI=1S/C10H13.HI.Mg/c1-2-3-7-10-8-5-4-6-9-10;;/h5-6,8-9H,2-3,7H2,1H3;1H;/q-1;;+2/p-1. The fourth-order valence-corrected chi connectivity index (χ4v) is 0.969. The first-order valence-electron chi connectivity index (χ1n) is 3.88. The Morgan fingerprint density at radius 1 is 1.25 bits per heavy atom. The molecule has 0 nitrogen and oxygen atoms in total. The van der Waals surface area contributed by atoms with Crippen LogP contribution in [-0.4, -0.2) is 23.1 Å². The molecule has 1 aromatic carbocycles. The van der Waals surface area contributed by atoms with Crippen LogP contribution >= 0.6 is 0 Å². The second-order valence-electron chi connectivity index (χ2n) is 2.51. The average molecular weight is 284 g/mol. The van der Waals surface area contributed by atoms with Crippen LogP contribution in [0.2, 0.25) is 0 Å². The van der Waals surface area contributed by atoms with Crippen LogP contribution in [0.15, 0.2) is 24.3 Å². The minimum atomic E-state index is 0. The first-order valence-corrected chi connectivity index (χ1v) is 3.88. The van der Waals surface area contributed by atoms with Crippen LogP contribution in [0.25, 0.3) is 0 Å². The minimum absolute atomic E-state index is 0. The summed E-state index contributed by atoms with van der Waals surface area (Å²) in [6.45, 7) is 2.22. The first kappa shape index (κ1) is 15.2. The van der Waals surface area contributed by atoms with E-state index in [0.717, 1.165) is 0 Å². The Kier molecular flexibility index (Phi) is 12.4. The number of aryl methyl sites for hydroxylation is 1. The summed E-state index contributed by atoms with van der Waals surface area (Å²) in [7, 11) is 0. The Labute approximate surface area is 108 Å². The zero-order valence-electron chi connectivity index (χ0n) is 7.52. The Balaban J connectivity index is 0. The van der Waals surface area contributed by atoms with Gasteiger partial charge in [-0.25, -0.2) is 0 Å². The molecule has 0 saturated carbocycles. The number of unbranched alkanes of at least 4 members (excludes halogenated alkanes) is 1. The molecule has 0 amide bonds. The van der Waals surface area contributed by atoms with Crippen molar-refractivity contribution in [3.63, 3.8) is 0 Å². The zero-order chi connectivity index (χ0) is 7.23. The van der Waals surface area contributed by atoms with Gasteiger partial charge in [0.15, 0.2) is 0 Å². The summed E-state index contributed by atoms with van der Waals surface area (Å²) in [6, 6.07) is 11.2. The maximum absolute atomic E-state index is 3.01. The van der Waals surface area contributed by atoms with E-state index >= 15 is 0 Å². The third kappa shape index (κ3) is 6.26. The van der Waals surface area contributed by atoms with Crippen LogP contribution in [0.4, 0.5) is 0 Å². The zero-order valence-corrected chi connectivity index (χ0v) is 11.1. The number of hydrogen-bond acceptors (Lipinski definition) is 0. The summed E-state index contributed by atoms with van der Waals surface area (Å²) < 4.78 is 0. The van der Waals surface area contributed by atoms with Gasteiger partial charge in [-0.1, -0.05) is 26.2 Å². The molecule has 12 heavy (non-hydrogen) atoms. The Morgan fingerprint density at radius 2 is 1.83 bits per heavy atom. The van der Waals surface area contributed by atoms with E-state index < -0.39 is 0 Å². The monoisotopic (exact) mass is 284 g/mol. The van der Waals surface area contributed by atoms with E-state index in [1.54, 1.807) is 0 Å². The van der Waals surface area contributed by atoms with Crippen molar-refractivity contribution in [3.8, 4) is 0 Å². The fourth-order valence-electron chi connectivity index (χ4n) is 0.969. The number of rotatable bonds is 3. The topological polar surface area (TPSA) is 0 Å². The van der Waals surface area contributed by atoms with Crippen molar-refractivity contribution in [1.29, 1.82) is 0 Å². The van der Waals surface area contributed by atoms with E-state index in [0.29, 0.717) is 0 Å². The van der Waals surface area contributed by atoms with E-state index in [9.17, 15) is 0 Å². The van der Waals surface area contributed by atoms with E-state index in [1.807, 2.05) is 12.1 Å². The second-order valence-corrected chi connectivity index (χ2v) is 2.51. The Morgan fingerprint density at radius 3 is 2.33 bits per heavy atom. The average Bonchev–Trinajstić information content (AvgIpc) is 2.03. The van der Waals surface area contributed by atoms with Crippen molar-refractivity contribution in [3.05, 3.63) is 35.9 Å². The van der Waals surface area contributed by atoms with Gasteiger partial charge in [0.05, 0.1) is 0 Å². The molecule has 0 aliphatic carbocycles. The summed E-state index contributed by atoms with van der Waals surface area (Å²) in [4.78, 5) is 0. The van der Waals surface area contributed by atoms with Gasteiger partial charge in [-0.3, -0.25) is 0 Å². The minimum Gasteiger partial charge on any atom is -1.00 e. The Bertz CT molecular complexity index is 174. The van der Waals surface area contributed by atoms with Crippen molar-refractivity contribution >= 4 is 23.1 Å².